The van der Waals surface area contributed by atoms with Gasteiger partial charge in [0.25, 0.3) is 0 Å². The zero-order valence-corrected chi connectivity index (χ0v) is 24.7. The van der Waals surface area contributed by atoms with E-state index in [2.05, 4.69) is 77.4 Å². The summed E-state index contributed by atoms with van der Waals surface area (Å²) in [5.41, 5.74) is 2.86. The number of benzene rings is 1. The lowest BCUT2D eigenvalue weighted by Gasteiger charge is -2.50. The molecule has 0 unspecified atom stereocenters. The van der Waals surface area contributed by atoms with Crippen molar-refractivity contribution in [3.05, 3.63) is 42.9 Å². The highest BCUT2D eigenvalue weighted by atomic mass is 79.9. The first kappa shape index (κ1) is 26.9. The highest BCUT2D eigenvalue weighted by Crippen LogP contribution is 2.61. The highest BCUT2D eigenvalue weighted by molar-refractivity contribution is 9.10. The topological polar surface area (TPSA) is 61.6 Å². The Labute approximate surface area is 212 Å². The van der Waals surface area contributed by atoms with E-state index >= 15 is 0 Å². The zero-order valence-electron chi connectivity index (χ0n) is 21.4. The molecule has 0 fully saturated rings. The van der Waals surface area contributed by atoms with Gasteiger partial charge in [-0.15, -0.1) is 0 Å². The number of hydrogen-bond acceptors (Lipinski definition) is 4. The van der Waals surface area contributed by atoms with Crippen molar-refractivity contribution in [3.8, 4) is 0 Å². The molecule has 2 atom stereocenters. The van der Waals surface area contributed by atoms with Crippen LogP contribution < -0.4 is 0 Å². The van der Waals surface area contributed by atoms with E-state index in [1.807, 2.05) is 13.8 Å². The lowest BCUT2D eigenvalue weighted by molar-refractivity contribution is -0.385. The van der Waals surface area contributed by atoms with Crippen LogP contribution in [-0.2, 0) is 9.16 Å². The van der Waals surface area contributed by atoms with Gasteiger partial charge in [-0.3, -0.25) is 10.1 Å². The Hall–Kier alpha value is -0.733. The molecule has 2 aliphatic rings. The van der Waals surface area contributed by atoms with Crippen molar-refractivity contribution < 1.29 is 14.1 Å². The minimum Gasteiger partial charge on any atom is -0.408 e. The largest absolute Gasteiger partial charge is 0.408 e. The van der Waals surface area contributed by atoms with Crippen molar-refractivity contribution in [2.24, 2.45) is 5.92 Å². The average molecular weight is 559 g/mol. The van der Waals surface area contributed by atoms with Crippen LogP contribution in [0, 0.1) is 16.0 Å². The fourth-order valence-electron chi connectivity index (χ4n) is 6.61. The molecule has 3 rings (SSSR count). The van der Waals surface area contributed by atoms with E-state index in [4.69, 9.17) is 20.8 Å². The summed E-state index contributed by atoms with van der Waals surface area (Å²) in [6.45, 7) is 21.8. The van der Waals surface area contributed by atoms with E-state index < -0.39 is 24.4 Å². The molecular formula is C25H37BrClNO4Si. The van der Waals surface area contributed by atoms with Crippen LogP contribution in [0.1, 0.15) is 86.5 Å². The second-order valence-electron chi connectivity index (χ2n) is 11.5. The molecule has 0 N–H and O–H groups in total. The van der Waals surface area contributed by atoms with Crippen LogP contribution in [0.25, 0.3) is 5.57 Å². The number of halogens is 2. The Balaban J connectivity index is 2.37. The Bertz CT molecular complexity index is 981. The first-order chi connectivity index (χ1) is 15.0. The molecule has 0 aromatic heterocycles. The van der Waals surface area contributed by atoms with Gasteiger partial charge >= 0.3 is 5.69 Å². The van der Waals surface area contributed by atoms with Gasteiger partial charge in [0.15, 0.2) is 0 Å². The number of nitro benzene ring substituents is 1. The van der Waals surface area contributed by atoms with Crippen molar-refractivity contribution in [1.82, 2.24) is 0 Å². The molecule has 1 aromatic rings. The van der Waals surface area contributed by atoms with E-state index in [-0.39, 0.29) is 22.7 Å². The predicted octanol–water partition coefficient (Wildman–Crippen LogP) is 8.84. The maximum Gasteiger partial charge on any atom is 0.302 e. The van der Waals surface area contributed by atoms with Crippen LogP contribution in [0.15, 0.2) is 16.6 Å². The quantitative estimate of drug-likeness (QED) is 0.199. The normalized spacial score (nSPS) is 23.7. The SMILES string of the molecule is CC(C)[Si](O[C@@H]1c2c(cc(Cl)c([N+](=O)[O-])c2Br)C2=CC(C)(C)OC(C)(C)[C@H]21)(C(C)C)C(C)C. The molecule has 8 heteroatoms. The van der Waals surface area contributed by atoms with Crippen LogP contribution in [0.3, 0.4) is 0 Å². The minimum atomic E-state index is -2.32. The van der Waals surface area contributed by atoms with E-state index in [0.717, 1.165) is 16.7 Å². The van der Waals surface area contributed by atoms with Crippen molar-refractivity contribution in [2.75, 3.05) is 0 Å². The van der Waals surface area contributed by atoms with E-state index in [0.29, 0.717) is 21.1 Å². The predicted molar refractivity (Wildman–Crippen MR) is 141 cm³/mol. The van der Waals surface area contributed by atoms with Gasteiger partial charge in [0.2, 0.25) is 8.32 Å². The summed E-state index contributed by atoms with van der Waals surface area (Å²) in [4.78, 5) is 11.5. The summed E-state index contributed by atoms with van der Waals surface area (Å²) in [7, 11) is -2.32. The zero-order chi connectivity index (χ0) is 25.3. The maximum absolute atomic E-state index is 11.9. The van der Waals surface area contributed by atoms with Gasteiger partial charge in [-0.2, -0.15) is 0 Å². The first-order valence-corrected chi connectivity index (χ1v) is 15.1. The van der Waals surface area contributed by atoms with Crippen LogP contribution >= 0.6 is 27.5 Å². The molecular weight excluding hydrogens is 522 g/mol. The van der Waals surface area contributed by atoms with E-state index in [1.165, 1.54) is 0 Å². The monoisotopic (exact) mass is 557 g/mol. The molecule has 1 aliphatic heterocycles. The maximum atomic E-state index is 11.9. The average Bonchev–Trinajstić information content (AvgIpc) is 2.90. The highest BCUT2D eigenvalue weighted by Gasteiger charge is 2.57. The third-order valence-corrected chi connectivity index (χ3v) is 14.6. The molecule has 1 heterocycles. The van der Waals surface area contributed by atoms with Crippen molar-refractivity contribution in [3.63, 3.8) is 0 Å². The molecule has 0 saturated heterocycles. The van der Waals surface area contributed by atoms with E-state index in [1.54, 1.807) is 6.07 Å². The lowest BCUT2D eigenvalue weighted by atomic mass is 9.78. The summed E-state index contributed by atoms with van der Waals surface area (Å²) < 4.78 is 14.3. The van der Waals surface area contributed by atoms with Gasteiger partial charge in [0.1, 0.15) is 9.50 Å². The number of nitro groups is 1. The van der Waals surface area contributed by atoms with Gasteiger partial charge in [-0.05, 0) is 83.5 Å². The second-order valence-corrected chi connectivity index (χ2v) is 18.1. The summed E-state index contributed by atoms with van der Waals surface area (Å²) in [5, 5.41) is 12.1. The first-order valence-electron chi connectivity index (χ1n) is 11.7. The van der Waals surface area contributed by atoms with Crippen molar-refractivity contribution in [2.45, 2.75) is 103 Å². The van der Waals surface area contributed by atoms with Crippen LogP contribution in [0.4, 0.5) is 5.69 Å². The fraction of sp³-hybridized carbons (Fsp3) is 0.680. The van der Waals surface area contributed by atoms with Crippen molar-refractivity contribution in [1.29, 1.82) is 0 Å². The summed E-state index contributed by atoms with van der Waals surface area (Å²) >= 11 is 10.0. The van der Waals surface area contributed by atoms with Crippen LogP contribution in [0.2, 0.25) is 21.6 Å². The minimum absolute atomic E-state index is 0.0991. The standard InChI is InChI=1S/C25H37BrClNO4Si/c1-13(2)33(14(3)4,15(5)6)31-23-19-16(11-18(27)22(21(19)26)28(29)30)17-12-24(7,8)32-25(9,10)20(17)23/h11-15,20,23H,1-10H3/t20-,23-/m1/s1. The van der Waals surface area contributed by atoms with Crippen molar-refractivity contribution >= 4 is 47.1 Å². The molecule has 0 saturated carbocycles. The second kappa shape index (κ2) is 8.73. The van der Waals surface area contributed by atoms with E-state index in [9.17, 15) is 10.1 Å². The Morgan fingerprint density at radius 3 is 2.09 bits per heavy atom. The Morgan fingerprint density at radius 1 is 1.12 bits per heavy atom. The molecule has 1 aliphatic carbocycles. The molecule has 5 nitrogen and oxygen atoms in total. The van der Waals surface area contributed by atoms with Crippen LogP contribution in [-0.4, -0.2) is 24.4 Å². The number of hydrogen-bond donors (Lipinski definition) is 0. The summed E-state index contributed by atoms with van der Waals surface area (Å²) in [6.07, 6.45) is 1.78. The summed E-state index contributed by atoms with van der Waals surface area (Å²) in [5.74, 6) is -0.0991. The third-order valence-electron chi connectivity index (χ3n) is 7.46. The number of nitrogens with zero attached hydrogens (tertiary/aromatic N) is 1. The number of fused-ring (bicyclic) bond motifs is 3. The number of rotatable bonds is 6. The molecule has 0 bridgehead atoms. The molecule has 0 amide bonds. The fourth-order valence-corrected chi connectivity index (χ4v) is 13.3. The molecule has 0 radical (unpaired) electrons. The van der Waals surface area contributed by atoms with Gasteiger partial charge in [-0.25, -0.2) is 0 Å². The Morgan fingerprint density at radius 2 is 1.64 bits per heavy atom. The van der Waals surface area contributed by atoms with Gasteiger partial charge in [-0.1, -0.05) is 53.1 Å². The molecule has 0 spiro atoms. The molecule has 184 valence electrons. The molecule has 1 aromatic carbocycles. The van der Waals surface area contributed by atoms with Crippen LogP contribution in [0.5, 0.6) is 0 Å². The third kappa shape index (κ3) is 4.26. The smallest absolute Gasteiger partial charge is 0.302 e. The van der Waals surface area contributed by atoms with Gasteiger partial charge in [0.05, 0.1) is 22.2 Å². The Kier molecular flexibility index (Phi) is 7.11. The molecule has 33 heavy (non-hydrogen) atoms. The van der Waals surface area contributed by atoms with Gasteiger partial charge < -0.3 is 9.16 Å². The van der Waals surface area contributed by atoms with Gasteiger partial charge in [0, 0.05) is 11.5 Å². The number of ether oxygens (including phenoxy) is 1. The summed E-state index contributed by atoms with van der Waals surface area (Å²) in [6, 6.07) is 1.75. The lowest BCUT2D eigenvalue weighted by Crippen LogP contribution is -2.52.